The molecule has 10 heteroatoms. The number of anilines is 1. The number of sulfonamides is 1. The number of carbonyl (C=O) groups excluding carboxylic acids is 1. The predicted molar refractivity (Wildman–Crippen MR) is 116 cm³/mol. The number of hydrogen-bond acceptors (Lipinski definition) is 5. The first-order chi connectivity index (χ1) is 14.8. The zero-order valence-electron chi connectivity index (χ0n) is 17.4. The summed E-state index contributed by atoms with van der Waals surface area (Å²) in [6, 6.07) is 9.57. The lowest BCUT2D eigenvalue weighted by Crippen LogP contribution is -2.48. The number of hydrogen-bond donors (Lipinski definition) is 2. The molecular weight excluding hydrogens is 418 g/mol. The van der Waals surface area contributed by atoms with Crippen LogP contribution in [-0.2, 0) is 21.3 Å². The van der Waals surface area contributed by atoms with Crippen LogP contribution < -0.4 is 10.6 Å². The fourth-order valence-electron chi connectivity index (χ4n) is 3.61. The van der Waals surface area contributed by atoms with Gasteiger partial charge >= 0.3 is 6.03 Å². The van der Waals surface area contributed by atoms with Crippen molar-refractivity contribution in [3.63, 3.8) is 0 Å². The third kappa shape index (κ3) is 4.87. The molecule has 1 aliphatic heterocycles. The standard InChI is InChI=1S/C21H25N5O4S/c1-15-12-26(13-16(2)30-15)31(28,29)19-6-4-18(5-7-19)24-21(27)23-11-17-3-8-20-22-9-10-25(20)14-17/h3-10,14-16H,11-13H2,1-2H3,(H2,23,24,27)/t15-,16+. The molecule has 1 fully saturated rings. The molecule has 1 aliphatic rings. The second kappa shape index (κ2) is 8.66. The second-order valence-electron chi connectivity index (χ2n) is 7.64. The second-order valence-corrected chi connectivity index (χ2v) is 9.58. The van der Waals surface area contributed by atoms with Gasteiger partial charge in [-0.05, 0) is 49.7 Å². The molecule has 0 radical (unpaired) electrons. The molecule has 2 N–H and O–H groups in total. The molecule has 9 nitrogen and oxygen atoms in total. The van der Waals surface area contributed by atoms with Crippen molar-refractivity contribution in [3.05, 3.63) is 60.6 Å². The van der Waals surface area contributed by atoms with Crippen molar-refractivity contribution in [3.8, 4) is 0 Å². The van der Waals surface area contributed by atoms with Crippen LogP contribution in [0, 0.1) is 0 Å². The van der Waals surface area contributed by atoms with Gasteiger partial charge in [-0.3, -0.25) is 0 Å². The van der Waals surface area contributed by atoms with Gasteiger partial charge < -0.3 is 19.8 Å². The molecule has 1 saturated heterocycles. The summed E-state index contributed by atoms with van der Waals surface area (Å²) >= 11 is 0. The van der Waals surface area contributed by atoms with Crippen LogP contribution in [0.25, 0.3) is 5.65 Å². The zero-order valence-corrected chi connectivity index (χ0v) is 18.2. The lowest BCUT2D eigenvalue weighted by atomic mass is 10.3. The molecule has 164 valence electrons. The monoisotopic (exact) mass is 443 g/mol. The topological polar surface area (TPSA) is 105 Å². The number of urea groups is 1. The Morgan fingerprint density at radius 3 is 2.55 bits per heavy atom. The highest BCUT2D eigenvalue weighted by Crippen LogP contribution is 2.22. The summed E-state index contributed by atoms with van der Waals surface area (Å²) in [5.74, 6) is 0. The number of nitrogens with zero attached hydrogens (tertiary/aromatic N) is 3. The maximum Gasteiger partial charge on any atom is 0.319 e. The summed E-state index contributed by atoms with van der Waals surface area (Å²) in [6.45, 7) is 4.70. The first-order valence-electron chi connectivity index (χ1n) is 10.0. The third-order valence-electron chi connectivity index (χ3n) is 5.04. The number of aromatic nitrogens is 2. The Balaban J connectivity index is 1.35. The molecule has 4 rings (SSSR count). The number of morpholine rings is 1. The Bertz CT molecular complexity index is 1170. The van der Waals surface area contributed by atoms with Crippen molar-refractivity contribution < 1.29 is 17.9 Å². The Hall–Kier alpha value is -2.95. The van der Waals surface area contributed by atoms with Gasteiger partial charge in [0.05, 0.1) is 17.1 Å². The normalized spacial score (nSPS) is 19.9. The van der Waals surface area contributed by atoms with Gasteiger partial charge in [0.15, 0.2) is 0 Å². The van der Waals surface area contributed by atoms with Gasteiger partial charge in [-0.15, -0.1) is 0 Å². The van der Waals surface area contributed by atoms with Crippen LogP contribution in [0.2, 0.25) is 0 Å². The van der Waals surface area contributed by atoms with Crippen LogP contribution >= 0.6 is 0 Å². The summed E-state index contributed by atoms with van der Waals surface area (Å²) in [5.41, 5.74) is 2.27. The molecular formula is C21H25N5O4S. The number of fused-ring (bicyclic) bond motifs is 1. The number of rotatable bonds is 5. The molecule has 0 saturated carbocycles. The molecule has 0 unspecified atom stereocenters. The molecule has 0 aliphatic carbocycles. The van der Waals surface area contributed by atoms with Crippen molar-refractivity contribution in [2.45, 2.75) is 37.5 Å². The zero-order chi connectivity index (χ0) is 22.0. The van der Waals surface area contributed by atoms with Crippen LogP contribution in [0.1, 0.15) is 19.4 Å². The Morgan fingerprint density at radius 2 is 1.84 bits per heavy atom. The molecule has 1 aromatic carbocycles. The van der Waals surface area contributed by atoms with E-state index in [2.05, 4.69) is 15.6 Å². The number of ether oxygens (including phenoxy) is 1. The minimum atomic E-state index is -3.61. The van der Waals surface area contributed by atoms with E-state index in [0.29, 0.717) is 25.3 Å². The van der Waals surface area contributed by atoms with E-state index < -0.39 is 10.0 Å². The highest BCUT2D eigenvalue weighted by molar-refractivity contribution is 7.89. The van der Waals surface area contributed by atoms with Crippen LogP contribution in [0.15, 0.2) is 59.9 Å². The van der Waals surface area contributed by atoms with Crippen LogP contribution in [0.4, 0.5) is 10.5 Å². The van der Waals surface area contributed by atoms with E-state index in [1.807, 2.05) is 42.8 Å². The van der Waals surface area contributed by atoms with Gasteiger partial charge in [0.2, 0.25) is 10.0 Å². The van der Waals surface area contributed by atoms with Crippen molar-refractivity contribution in [2.75, 3.05) is 18.4 Å². The predicted octanol–water partition coefficient (Wildman–Crippen LogP) is 2.45. The van der Waals surface area contributed by atoms with Crippen LogP contribution in [0.5, 0.6) is 0 Å². The van der Waals surface area contributed by atoms with Gasteiger partial charge in [0.1, 0.15) is 5.65 Å². The van der Waals surface area contributed by atoms with Gasteiger partial charge in [-0.1, -0.05) is 6.07 Å². The van der Waals surface area contributed by atoms with E-state index in [9.17, 15) is 13.2 Å². The summed E-state index contributed by atoms with van der Waals surface area (Å²) in [7, 11) is -3.61. The molecule has 0 bridgehead atoms. The van der Waals surface area contributed by atoms with Gasteiger partial charge in [0, 0.05) is 43.9 Å². The van der Waals surface area contributed by atoms with E-state index in [1.54, 1.807) is 18.3 Å². The first kappa shape index (κ1) is 21.3. The maximum atomic E-state index is 12.9. The quantitative estimate of drug-likeness (QED) is 0.630. The molecule has 31 heavy (non-hydrogen) atoms. The highest BCUT2D eigenvalue weighted by atomic mass is 32.2. The largest absolute Gasteiger partial charge is 0.373 e. The third-order valence-corrected chi connectivity index (χ3v) is 6.89. The minimum Gasteiger partial charge on any atom is -0.373 e. The molecule has 2 amide bonds. The highest BCUT2D eigenvalue weighted by Gasteiger charge is 2.32. The molecule has 3 heterocycles. The average molecular weight is 444 g/mol. The molecule has 2 atom stereocenters. The molecule has 3 aromatic rings. The van der Waals surface area contributed by atoms with E-state index in [1.165, 1.54) is 16.4 Å². The minimum absolute atomic E-state index is 0.155. The smallest absolute Gasteiger partial charge is 0.319 e. The fraction of sp³-hybridized carbons (Fsp3) is 0.333. The number of carbonyl (C=O) groups is 1. The lowest BCUT2D eigenvalue weighted by Gasteiger charge is -2.34. The Labute approximate surface area is 181 Å². The van der Waals surface area contributed by atoms with Crippen molar-refractivity contribution >= 4 is 27.4 Å². The Morgan fingerprint density at radius 1 is 1.13 bits per heavy atom. The summed E-state index contributed by atoms with van der Waals surface area (Å²) in [6.07, 6.45) is 5.14. The summed E-state index contributed by atoms with van der Waals surface area (Å²) in [5, 5.41) is 5.51. The van der Waals surface area contributed by atoms with Crippen LogP contribution in [-0.4, -0.2) is 53.4 Å². The van der Waals surface area contributed by atoms with Crippen molar-refractivity contribution in [1.82, 2.24) is 19.0 Å². The SMILES string of the molecule is C[C@@H]1CN(S(=O)(=O)c2ccc(NC(=O)NCc3ccc4nccn4c3)cc2)C[C@H](C)O1. The van der Waals surface area contributed by atoms with E-state index in [4.69, 9.17) is 4.74 Å². The number of imidazole rings is 1. The first-order valence-corrected chi connectivity index (χ1v) is 11.5. The van der Waals surface area contributed by atoms with Gasteiger partial charge in [-0.2, -0.15) is 4.31 Å². The number of amides is 2. The average Bonchev–Trinajstić information content (AvgIpc) is 3.20. The number of nitrogens with one attached hydrogen (secondary N) is 2. The van der Waals surface area contributed by atoms with E-state index in [-0.39, 0.29) is 23.1 Å². The van der Waals surface area contributed by atoms with Crippen molar-refractivity contribution in [1.29, 1.82) is 0 Å². The number of pyridine rings is 1. The lowest BCUT2D eigenvalue weighted by molar-refractivity contribution is -0.0440. The van der Waals surface area contributed by atoms with Crippen molar-refractivity contribution in [2.24, 2.45) is 0 Å². The van der Waals surface area contributed by atoms with Gasteiger partial charge in [-0.25, -0.2) is 18.2 Å². The summed E-state index contributed by atoms with van der Waals surface area (Å²) in [4.78, 5) is 16.6. The number of benzene rings is 1. The van der Waals surface area contributed by atoms with E-state index >= 15 is 0 Å². The molecule has 0 spiro atoms. The molecule has 2 aromatic heterocycles. The van der Waals surface area contributed by atoms with Crippen LogP contribution in [0.3, 0.4) is 0 Å². The van der Waals surface area contributed by atoms with E-state index in [0.717, 1.165) is 11.2 Å². The summed E-state index contributed by atoms with van der Waals surface area (Å²) < 4.78 is 34.8. The van der Waals surface area contributed by atoms with Gasteiger partial charge in [0.25, 0.3) is 0 Å². The fourth-order valence-corrected chi connectivity index (χ4v) is 5.21. The Kier molecular flexibility index (Phi) is 5.94. The maximum absolute atomic E-state index is 12.9.